The number of amides is 1. The minimum Gasteiger partial charge on any atom is -0.507 e. The highest BCUT2D eigenvalue weighted by atomic mass is 79.9. The van der Waals surface area contributed by atoms with Gasteiger partial charge in [-0.1, -0.05) is 69.2 Å². The molecule has 5 nitrogen and oxygen atoms in total. The van der Waals surface area contributed by atoms with Crippen molar-refractivity contribution in [3.63, 3.8) is 0 Å². The molecule has 0 spiro atoms. The number of fused-ring (bicyclic) bond motifs is 1. The van der Waals surface area contributed by atoms with Crippen LogP contribution in [-0.2, 0) is 9.59 Å². The molecule has 1 aromatic heterocycles. The van der Waals surface area contributed by atoms with Crippen molar-refractivity contribution >= 4 is 60.1 Å². The van der Waals surface area contributed by atoms with E-state index in [-0.39, 0.29) is 16.5 Å². The van der Waals surface area contributed by atoms with Gasteiger partial charge in [-0.3, -0.25) is 14.5 Å². The number of aromatic nitrogens is 1. The summed E-state index contributed by atoms with van der Waals surface area (Å²) < 4.78 is 15.0. The van der Waals surface area contributed by atoms with Crippen molar-refractivity contribution in [2.75, 3.05) is 4.90 Å². The lowest BCUT2D eigenvalue weighted by Gasteiger charge is -2.23. The largest absolute Gasteiger partial charge is 0.507 e. The minimum atomic E-state index is -0.894. The number of aliphatic hydroxyl groups excluding tert-OH is 1. The summed E-state index contributed by atoms with van der Waals surface area (Å²) >= 11 is 4.55. The summed E-state index contributed by atoms with van der Waals surface area (Å²) in [6.45, 7) is 1.92. The van der Waals surface area contributed by atoms with E-state index in [4.69, 9.17) is 0 Å². The Hall–Kier alpha value is -3.36. The molecule has 0 radical (unpaired) electrons. The monoisotopic (exact) mass is 522 g/mol. The van der Waals surface area contributed by atoms with Crippen LogP contribution in [-0.4, -0.2) is 21.8 Å². The number of thiazole rings is 1. The lowest BCUT2D eigenvalue weighted by molar-refractivity contribution is -0.132. The SMILES string of the molecule is Cc1ccc(C(O)=C2C(=O)C(=O)N(c3nc4ccc(F)cc4s3)[C@@H]2c2cccc(Br)c2)cc1. The minimum absolute atomic E-state index is 0.0209. The first-order valence-electron chi connectivity index (χ1n) is 10.0. The first-order valence-corrected chi connectivity index (χ1v) is 11.6. The molecule has 8 heteroatoms. The van der Waals surface area contributed by atoms with Gasteiger partial charge in [-0.15, -0.1) is 0 Å². The number of carbonyl (C=O) groups excluding carboxylic acids is 2. The summed E-state index contributed by atoms with van der Waals surface area (Å²) in [5.74, 6) is -2.27. The van der Waals surface area contributed by atoms with Crippen molar-refractivity contribution in [2.45, 2.75) is 13.0 Å². The lowest BCUT2D eigenvalue weighted by atomic mass is 9.95. The van der Waals surface area contributed by atoms with E-state index >= 15 is 0 Å². The van der Waals surface area contributed by atoms with Crippen molar-refractivity contribution < 1.29 is 19.1 Å². The van der Waals surface area contributed by atoms with Gasteiger partial charge in [-0.2, -0.15) is 0 Å². The average Bonchev–Trinajstić information content (AvgIpc) is 3.32. The Morgan fingerprint density at radius 1 is 1.09 bits per heavy atom. The number of aliphatic hydroxyl groups is 1. The van der Waals surface area contributed by atoms with Crippen molar-refractivity contribution in [1.29, 1.82) is 0 Å². The third-order valence-corrected chi connectivity index (χ3v) is 6.99. The van der Waals surface area contributed by atoms with Crippen LogP contribution in [0.4, 0.5) is 9.52 Å². The van der Waals surface area contributed by atoms with E-state index in [0.29, 0.717) is 21.3 Å². The molecule has 1 saturated heterocycles. The number of halogens is 2. The third kappa shape index (κ3) is 3.75. The summed E-state index contributed by atoms with van der Waals surface area (Å²) in [5.41, 5.74) is 2.56. The summed E-state index contributed by atoms with van der Waals surface area (Å²) in [7, 11) is 0. The standard InChI is InChI=1S/C25H16BrFN2O3S/c1-13-5-7-14(8-6-13)22(30)20-21(15-3-2-4-16(26)11-15)29(24(32)23(20)31)25-28-18-10-9-17(27)12-19(18)33-25/h2-12,21,30H,1H3/t21-/m1/s1. The molecule has 33 heavy (non-hydrogen) atoms. The molecule has 1 N–H and O–H groups in total. The van der Waals surface area contributed by atoms with Gasteiger partial charge in [0.1, 0.15) is 11.6 Å². The molecule has 1 fully saturated rings. The number of ketones is 1. The number of hydrogen-bond acceptors (Lipinski definition) is 5. The Balaban J connectivity index is 1.74. The molecular weight excluding hydrogens is 507 g/mol. The average molecular weight is 523 g/mol. The van der Waals surface area contributed by atoms with Crippen LogP contribution in [0.5, 0.6) is 0 Å². The summed E-state index contributed by atoms with van der Waals surface area (Å²) in [4.78, 5) is 32.2. The van der Waals surface area contributed by atoms with Gasteiger partial charge in [0.2, 0.25) is 0 Å². The van der Waals surface area contributed by atoms with E-state index in [1.165, 1.54) is 23.1 Å². The molecule has 1 aliphatic heterocycles. The van der Waals surface area contributed by atoms with E-state index in [9.17, 15) is 19.1 Å². The van der Waals surface area contributed by atoms with E-state index in [0.717, 1.165) is 21.4 Å². The predicted molar refractivity (Wildman–Crippen MR) is 130 cm³/mol. The maximum absolute atomic E-state index is 13.7. The highest BCUT2D eigenvalue weighted by molar-refractivity contribution is 9.10. The van der Waals surface area contributed by atoms with E-state index in [1.807, 2.05) is 25.1 Å². The molecule has 0 unspecified atom stereocenters. The number of benzene rings is 3. The van der Waals surface area contributed by atoms with Crippen LogP contribution in [0, 0.1) is 12.7 Å². The fourth-order valence-electron chi connectivity index (χ4n) is 3.88. The number of aryl methyl sites for hydroxylation is 1. The number of rotatable bonds is 3. The Morgan fingerprint density at radius 3 is 2.58 bits per heavy atom. The Kier molecular flexibility index (Phi) is 5.34. The third-order valence-electron chi connectivity index (χ3n) is 5.48. The Morgan fingerprint density at radius 2 is 1.85 bits per heavy atom. The van der Waals surface area contributed by atoms with E-state index < -0.39 is 23.5 Å². The molecule has 0 saturated carbocycles. The van der Waals surface area contributed by atoms with E-state index in [1.54, 1.807) is 30.3 Å². The van der Waals surface area contributed by atoms with Gasteiger partial charge in [-0.05, 0) is 42.8 Å². The maximum atomic E-state index is 13.7. The first kappa shape index (κ1) is 21.5. The topological polar surface area (TPSA) is 70.5 Å². The number of anilines is 1. The molecule has 5 rings (SSSR count). The van der Waals surface area contributed by atoms with Gasteiger partial charge < -0.3 is 5.11 Å². The number of Topliss-reactive ketones (excluding diaryl/α,β-unsaturated/α-hetero) is 1. The molecule has 0 bridgehead atoms. The number of carbonyl (C=O) groups is 2. The molecule has 4 aromatic rings. The van der Waals surface area contributed by atoms with Gasteiger partial charge in [0, 0.05) is 10.0 Å². The number of nitrogens with zero attached hydrogens (tertiary/aromatic N) is 2. The van der Waals surface area contributed by atoms with Crippen LogP contribution in [0.3, 0.4) is 0 Å². The normalized spacial score (nSPS) is 17.8. The van der Waals surface area contributed by atoms with Crippen LogP contribution in [0.25, 0.3) is 16.0 Å². The van der Waals surface area contributed by atoms with Gasteiger partial charge in [0.15, 0.2) is 5.13 Å². The fourth-order valence-corrected chi connectivity index (χ4v) is 5.31. The zero-order chi connectivity index (χ0) is 23.3. The molecule has 1 amide bonds. The zero-order valence-corrected chi connectivity index (χ0v) is 19.7. The zero-order valence-electron chi connectivity index (χ0n) is 17.3. The molecule has 1 aliphatic rings. The van der Waals surface area contributed by atoms with Crippen molar-refractivity contribution in [3.05, 3.63) is 99.3 Å². The smallest absolute Gasteiger partial charge is 0.301 e. The second kappa shape index (κ2) is 8.20. The molecule has 1 atom stereocenters. The summed E-state index contributed by atoms with van der Waals surface area (Å²) in [6, 6.07) is 17.5. The molecular formula is C25H16BrFN2O3S. The van der Waals surface area contributed by atoms with Crippen LogP contribution in [0.1, 0.15) is 22.7 Å². The summed E-state index contributed by atoms with van der Waals surface area (Å²) in [6.07, 6.45) is 0. The van der Waals surface area contributed by atoms with Crippen molar-refractivity contribution in [1.82, 2.24) is 4.98 Å². The fraction of sp³-hybridized carbons (Fsp3) is 0.0800. The van der Waals surface area contributed by atoms with Gasteiger partial charge in [-0.25, -0.2) is 9.37 Å². The Labute approximate surface area is 200 Å². The molecule has 0 aliphatic carbocycles. The predicted octanol–water partition coefficient (Wildman–Crippen LogP) is 6.13. The quantitative estimate of drug-likeness (QED) is 0.199. The van der Waals surface area contributed by atoms with Gasteiger partial charge >= 0.3 is 5.91 Å². The number of hydrogen-bond donors (Lipinski definition) is 1. The summed E-state index contributed by atoms with van der Waals surface area (Å²) in [5, 5.41) is 11.4. The second-order valence-electron chi connectivity index (χ2n) is 7.70. The van der Waals surface area contributed by atoms with Crippen LogP contribution in [0.2, 0.25) is 0 Å². The molecule has 2 heterocycles. The van der Waals surface area contributed by atoms with Crippen LogP contribution < -0.4 is 4.90 Å². The lowest BCUT2D eigenvalue weighted by Crippen LogP contribution is -2.29. The second-order valence-corrected chi connectivity index (χ2v) is 9.62. The molecule has 3 aromatic carbocycles. The maximum Gasteiger partial charge on any atom is 0.301 e. The van der Waals surface area contributed by atoms with Crippen molar-refractivity contribution in [3.8, 4) is 0 Å². The highest BCUT2D eigenvalue weighted by Crippen LogP contribution is 2.44. The first-order chi connectivity index (χ1) is 15.8. The highest BCUT2D eigenvalue weighted by Gasteiger charge is 2.48. The molecule has 164 valence electrons. The van der Waals surface area contributed by atoms with Gasteiger partial charge in [0.05, 0.1) is 21.8 Å². The Bertz CT molecular complexity index is 1460. The van der Waals surface area contributed by atoms with E-state index in [2.05, 4.69) is 20.9 Å². The van der Waals surface area contributed by atoms with Crippen LogP contribution in [0.15, 0.2) is 76.8 Å². The van der Waals surface area contributed by atoms with Gasteiger partial charge in [0.25, 0.3) is 5.78 Å². The van der Waals surface area contributed by atoms with Crippen LogP contribution >= 0.6 is 27.3 Å². The van der Waals surface area contributed by atoms with Crippen molar-refractivity contribution in [2.24, 2.45) is 0 Å².